The van der Waals surface area contributed by atoms with Gasteiger partial charge in [-0.05, 0) is 13.1 Å². The van der Waals surface area contributed by atoms with E-state index >= 15 is 0 Å². The van der Waals surface area contributed by atoms with Crippen LogP contribution in [0, 0.1) is 0 Å². The average Bonchev–Trinajstić information content (AvgIpc) is 2.50. The average molecular weight is 235 g/mol. The molecule has 0 saturated carbocycles. The van der Waals surface area contributed by atoms with Crippen LogP contribution in [-0.2, 0) is 4.74 Å². The molecule has 0 fully saturated rings. The zero-order valence-corrected chi connectivity index (χ0v) is 9.15. The highest BCUT2D eigenvalue weighted by Crippen LogP contribution is 2.10. The van der Waals surface area contributed by atoms with Crippen LogP contribution in [0.2, 0.25) is 0 Å². The maximum Gasteiger partial charge on any atom is 0.127 e. The fraction of sp³-hybridized carbons (Fsp3) is 0.500. The number of hydrogen-bond donors (Lipinski definition) is 0. The fourth-order valence-corrected chi connectivity index (χ4v) is 0.944. The first kappa shape index (κ1) is 11.5. The molecule has 0 amide bonds. The topological polar surface area (TPSA) is 15.7 Å². The second-order valence-electron chi connectivity index (χ2n) is 2.49. The number of hydrogen-bond acceptors (Lipinski definition) is 3. The molecule has 70 valence electrons. The number of halogens is 1. The molecule has 1 aliphatic rings. The molecule has 0 aromatic heterocycles. The lowest BCUT2D eigenvalue weighted by Crippen LogP contribution is -2.31. The third-order valence-electron chi connectivity index (χ3n) is 1.82. The molecule has 0 bridgehead atoms. The van der Waals surface area contributed by atoms with Gasteiger partial charge in [0.1, 0.15) is 6.23 Å². The van der Waals surface area contributed by atoms with Gasteiger partial charge in [-0.1, -0.05) is 6.58 Å². The Hall–Kier alpha value is -0.480. The van der Waals surface area contributed by atoms with E-state index in [-0.39, 0.29) is 23.2 Å². The summed E-state index contributed by atoms with van der Waals surface area (Å²) in [5, 5.41) is 0. The molecule has 4 heteroatoms. The van der Waals surface area contributed by atoms with E-state index in [4.69, 9.17) is 4.74 Å². The first-order valence-corrected chi connectivity index (χ1v) is 3.63. The van der Waals surface area contributed by atoms with Gasteiger partial charge in [0.2, 0.25) is 0 Å². The van der Waals surface area contributed by atoms with E-state index in [0.29, 0.717) is 0 Å². The van der Waals surface area contributed by atoms with Crippen LogP contribution < -0.4 is 0 Å². The van der Waals surface area contributed by atoms with Gasteiger partial charge in [-0.2, -0.15) is 0 Å². The predicted octanol–water partition coefficient (Wildman–Crippen LogP) is 1.75. The molecule has 3 nitrogen and oxygen atoms in total. The lowest BCUT2D eigenvalue weighted by molar-refractivity contribution is 0.00432. The number of ether oxygens (including phenoxy) is 1. The van der Waals surface area contributed by atoms with E-state index in [1.54, 1.807) is 13.3 Å². The van der Waals surface area contributed by atoms with Crippen LogP contribution in [0.1, 0.15) is 6.92 Å². The van der Waals surface area contributed by atoms with Crippen LogP contribution >= 0.6 is 17.0 Å². The maximum atomic E-state index is 5.14. The summed E-state index contributed by atoms with van der Waals surface area (Å²) >= 11 is 0. The Balaban J connectivity index is 0.00000121. The fourth-order valence-electron chi connectivity index (χ4n) is 0.944. The molecule has 1 aliphatic heterocycles. The molecule has 0 spiro atoms. The molecule has 0 aliphatic carbocycles. The van der Waals surface area contributed by atoms with Gasteiger partial charge in [0.05, 0.1) is 6.67 Å². The smallest absolute Gasteiger partial charge is 0.127 e. The van der Waals surface area contributed by atoms with E-state index in [9.17, 15) is 0 Å². The minimum Gasteiger partial charge on any atom is -0.362 e. The van der Waals surface area contributed by atoms with Crippen molar-refractivity contribution in [3.63, 3.8) is 0 Å². The Morgan fingerprint density at radius 2 is 2.25 bits per heavy atom. The summed E-state index contributed by atoms with van der Waals surface area (Å²) in [5.41, 5.74) is 0. The van der Waals surface area contributed by atoms with Gasteiger partial charge < -0.3 is 14.5 Å². The van der Waals surface area contributed by atoms with Crippen molar-refractivity contribution >= 4 is 17.0 Å². The van der Waals surface area contributed by atoms with Gasteiger partial charge in [0, 0.05) is 19.5 Å². The van der Waals surface area contributed by atoms with Gasteiger partial charge in [-0.3, -0.25) is 0 Å². The summed E-state index contributed by atoms with van der Waals surface area (Å²) in [7, 11) is 1.70. The summed E-state index contributed by atoms with van der Waals surface area (Å²) < 4.78 is 5.14. The molecular weight excluding hydrogens is 220 g/mol. The van der Waals surface area contributed by atoms with Crippen LogP contribution in [0.25, 0.3) is 0 Å². The van der Waals surface area contributed by atoms with Crippen LogP contribution in [0.4, 0.5) is 0 Å². The maximum absolute atomic E-state index is 5.14. The molecule has 1 atom stereocenters. The molecule has 0 radical (unpaired) electrons. The van der Waals surface area contributed by atoms with Gasteiger partial charge in [0.15, 0.2) is 0 Å². The highest BCUT2D eigenvalue weighted by molar-refractivity contribution is 8.93. The van der Waals surface area contributed by atoms with Crippen molar-refractivity contribution < 1.29 is 4.74 Å². The number of methoxy groups -OCH3 is 1. The van der Waals surface area contributed by atoms with Gasteiger partial charge in [-0.15, -0.1) is 17.0 Å². The van der Waals surface area contributed by atoms with Crippen molar-refractivity contribution in [1.82, 2.24) is 9.80 Å². The van der Waals surface area contributed by atoms with E-state index in [1.807, 2.05) is 24.2 Å². The molecule has 0 aromatic carbocycles. The lowest BCUT2D eigenvalue weighted by Gasteiger charge is -2.23. The minimum atomic E-state index is 0. The largest absolute Gasteiger partial charge is 0.362 e. The summed E-state index contributed by atoms with van der Waals surface area (Å²) in [6.45, 7) is 6.51. The third kappa shape index (κ3) is 2.53. The van der Waals surface area contributed by atoms with E-state index in [1.165, 1.54) is 0 Å². The summed E-state index contributed by atoms with van der Waals surface area (Å²) in [4.78, 5) is 4.08. The Morgan fingerprint density at radius 1 is 1.58 bits per heavy atom. The van der Waals surface area contributed by atoms with Crippen LogP contribution in [0.15, 0.2) is 25.2 Å². The Bertz CT molecular complexity index is 172. The standard InChI is InChI=1S/C8H14N2O.BrH/c1-4-9-5-6-10(7-9)8(2)11-3;/h4-6,8H,1,7H2,2-3H3;1H. The first-order chi connectivity index (χ1) is 5.27. The van der Waals surface area contributed by atoms with Gasteiger partial charge in [0.25, 0.3) is 0 Å². The second kappa shape index (κ2) is 5.22. The molecule has 12 heavy (non-hydrogen) atoms. The first-order valence-electron chi connectivity index (χ1n) is 3.63. The molecule has 1 heterocycles. The lowest BCUT2D eigenvalue weighted by atomic mass is 10.6. The highest BCUT2D eigenvalue weighted by Gasteiger charge is 2.14. The van der Waals surface area contributed by atoms with E-state index in [2.05, 4.69) is 11.5 Å². The van der Waals surface area contributed by atoms with Crippen LogP contribution in [0.3, 0.4) is 0 Å². The monoisotopic (exact) mass is 234 g/mol. The number of rotatable bonds is 3. The molecular formula is C8H15BrN2O. The van der Waals surface area contributed by atoms with Crippen LogP contribution in [-0.4, -0.2) is 29.8 Å². The quantitative estimate of drug-likeness (QED) is 0.741. The second-order valence-corrected chi connectivity index (χ2v) is 2.49. The van der Waals surface area contributed by atoms with E-state index < -0.39 is 0 Å². The SMILES string of the molecule is Br.C=CN1C=CN(C(C)OC)C1. The van der Waals surface area contributed by atoms with Crippen molar-refractivity contribution in [3.8, 4) is 0 Å². The predicted molar refractivity (Wildman–Crippen MR) is 54.7 cm³/mol. The summed E-state index contributed by atoms with van der Waals surface area (Å²) in [6.07, 6.45) is 5.90. The Kier molecular flexibility index (Phi) is 5.01. The summed E-state index contributed by atoms with van der Waals surface area (Å²) in [6, 6.07) is 0. The van der Waals surface area contributed by atoms with Crippen molar-refractivity contribution in [1.29, 1.82) is 0 Å². The zero-order chi connectivity index (χ0) is 8.27. The molecule has 0 aromatic rings. The van der Waals surface area contributed by atoms with Crippen molar-refractivity contribution in [2.24, 2.45) is 0 Å². The normalized spacial score (nSPS) is 17.5. The molecule has 0 N–H and O–H groups in total. The molecule has 0 saturated heterocycles. The van der Waals surface area contributed by atoms with Gasteiger partial charge >= 0.3 is 0 Å². The number of nitrogens with zero attached hydrogens (tertiary/aromatic N) is 2. The third-order valence-corrected chi connectivity index (χ3v) is 1.82. The molecule has 1 rings (SSSR count). The van der Waals surface area contributed by atoms with Crippen molar-refractivity contribution in [2.45, 2.75) is 13.2 Å². The van der Waals surface area contributed by atoms with Crippen molar-refractivity contribution in [3.05, 3.63) is 25.2 Å². The highest BCUT2D eigenvalue weighted by atomic mass is 79.9. The van der Waals surface area contributed by atoms with Gasteiger partial charge in [-0.25, -0.2) is 0 Å². The summed E-state index contributed by atoms with van der Waals surface area (Å²) in [5.74, 6) is 0. The Labute approximate surface area is 84.1 Å². The van der Waals surface area contributed by atoms with Crippen LogP contribution in [0.5, 0.6) is 0 Å². The minimum absolute atomic E-state index is 0. The zero-order valence-electron chi connectivity index (χ0n) is 7.43. The molecule has 1 unspecified atom stereocenters. The Morgan fingerprint density at radius 3 is 2.67 bits per heavy atom. The van der Waals surface area contributed by atoms with E-state index in [0.717, 1.165) is 6.67 Å². The van der Waals surface area contributed by atoms with Crippen molar-refractivity contribution in [2.75, 3.05) is 13.8 Å².